The van der Waals surface area contributed by atoms with Crippen LogP contribution in [0, 0.1) is 34.6 Å². The molecule has 124 valence electrons. The molecule has 6 heteroatoms. The number of aromatic nitrogens is 4. The van der Waals surface area contributed by atoms with Crippen molar-refractivity contribution in [3.8, 4) is 0 Å². The van der Waals surface area contributed by atoms with Gasteiger partial charge in [0.05, 0.1) is 5.75 Å². The Morgan fingerprint density at radius 1 is 1.00 bits per heavy atom. The van der Waals surface area contributed by atoms with Gasteiger partial charge in [0.2, 0.25) is 5.16 Å². The smallest absolute Gasteiger partial charge is 0.253 e. The Balaban J connectivity index is 1.80. The van der Waals surface area contributed by atoms with Crippen molar-refractivity contribution in [3.05, 3.63) is 51.8 Å². The molecule has 0 radical (unpaired) electrons. The van der Waals surface area contributed by atoms with Gasteiger partial charge in [-0.1, -0.05) is 17.8 Å². The first kappa shape index (κ1) is 16.6. The van der Waals surface area contributed by atoms with Crippen LogP contribution in [0.4, 0.5) is 0 Å². The van der Waals surface area contributed by atoms with Crippen molar-refractivity contribution in [2.24, 2.45) is 0 Å². The van der Waals surface area contributed by atoms with E-state index in [2.05, 4.69) is 28.1 Å². The van der Waals surface area contributed by atoms with Gasteiger partial charge in [-0.3, -0.25) is 4.79 Å². The Morgan fingerprint density at radius 3 is 2.46 bits per heavy atom. The number of hydrogen-bond acceptors (Lipinski definition) is 5. The van der Waals surface area contributed by atoms with Crippen LogP contribution in [0.15, 0.2) is 23.4 Å². The highest BCUT2D eigenvalue weighted by atomic mass is 32.2. The molecule has 0 aliphatic heterocycles. The molecule has 0 amide bonds. The van der Waals surface area contributed by atoms with Crippen molar-refractivity contribution in [1.82, 2.24) is 19.6 Å². The molecule has 0 saturated carbocycles. The second-order valence-electron chi connectivity index (χ2n) is 6.11. The summed E-state index contributed by atoms with van der Waals surface area (Å²) in [5.41, 5.74) is 6.02. The van der Waals surface area contributed by atoms with Crippen molar-refractivity contribution in [2.45, 2.75) is 39.8 Å². The fourth-order valence-corrected chi connectivity index (χ4v) is 3.38. The van der Waals surface area contributed by atoms with Crippen LogP contribution >= 0.6 is 11.8 Å². The molecule has 0 fully saturated rings. The topological polar surface area (TPSA) is 60.2 Å². The molecule has 0 bridgehead atoms. The molecule has 5 nitrogen and oxygen atoms in total. The van der Waals surface area contributed by atoms with Gasteiger partial charge in [0.1, 0.15) is 0 Å². The highest BCUT2D eigenvalue weighted by molar-refractivity contribution is 7.99. The van der Waals surface area contributed by atoms with Crippen LogP contribution in [0.3, 0.4) is 0 Å². The van der Waals surface area contributed by atoms with E-state index in [1.54, 1.807) is 4.52 Å². The van der Waals surface area contributed by atoms with E-state index >= 15 is 0 Å². The van der Waals surface area contributed by atoms with Crippen LogP contribution in [0.5, 0.6) is 0 Å². The minimum Gasteiger partial charge on any atom is -0.293 e. The monoisotopic (exact) mass is 340 g/mol. The van der Waals surface area contributed by atoms with Gasteiger partial charge in [0.15, 0.2) is 5.78 Å². The summed E-state index contributed by atoms with van der Waals surface area (Å²) >= 11 is 1.35. The first-order valence-corrected chi connectivity index (χ1v) is 8.78. The van der Waals surface area contributed by atoms with Crippen LogP contribution in [-0.2, 0) is 0 Å². The lowest BCUT2D eigenvalue weighted by molar-refractivity contribution is 0.102. The molecule has 0 aliphatic rings. The normalized spacial score (nSPS) is 11.2. The molecular formula is C18H20N4OS. The van der Waals surface area contributed by atoms with Crippen molar-refractivity contribution < 1.29 is 4.79 Å². The van der Waals surface area contributed by atoms with Gasteiger partial charge >= 0.3 is 0 Å². The number of benzene rings is 1. The maximum absolute atomic E-state index is 12.5. The summed E-state index contributed by atoms with van der Waals surface area (Å²) in [6.07, 6.45) is 0. The molecule has 3 aromatic rings. The number of aryl methyl sites for hydroxylation is 5. The fourth-order valence-electron chi connectivity index (χ4n) is 2.68. The number of nitrogens with zero attached hydrogens (tertiary/aromatic N) is 4. The average molecular weight is 340 g/mol. The molecule has 0 N–H and O–H groups in total. The van der Waals surface area contributed by atoms with Crippen molar-refractivity contribution in [1.29, 1.82) is 0 Å². The number of ketones is 1. The summed E-state index contributed by atoms with van der Waals surface area (Å²) in [6.45, 7) is 9.96. The van der Waals surface area contributed by atoms with E-state index in [9.17, 15) is 4.79 Å². The molecule has 0 atom stereocenters. The average Bonchev–Trinajstić information content (AvgIpc) is 2.91. The standard InChI is InChI=1S/C18H20N4OS/c1-10-6-12(3)15(7-11(10)2)16(23)9-24-18-20-17-19-13(4)8-14(5)22(17)21-18/h6-8H,9H2,1-5H3. The Hall–Kier alpha value is -2.21. The molecule has 0 saturated heterocycles. The lowest BCUT2D eigenvalue weighted by Crippen LogP contribution is -2.06. The third kappa shape index (κ3) is 3.19. The van der Waals surface area contributed by atoms with Gasteiger partial charge in [-0.2, -0.15) is 4.98 Å². The number of thioether (sulfide) groups is 1. The predicted octanol–water partition coefficient (Wildman–Crippen LogP) is 3.64. The summed E-state index contributed by atoms with van der Waals surface area (Å²) in [7, 11) is 0. The van der Waals surface area contributed by atoms with Crippen LogP contribution in [-0.4, -0.2) is 31.1 Å². The zero-order valence-electron chi connectivity index (χ0n) is 14.5. The van der Waals surface area contributed by atoms with E-state index in [4.69, 9.17) is 0 Å². The number of Topliss-reactive ketones (excluding diaryl/α,β-unsaturated/α-hetero) is 1. The van der Waals surface area contributed by atoms with Gasteiger partial charge in [0.25, 0.3) is 5.78 Å². The number of carbonyl (C=O) groups excluding carboxylic acids is 1. The van der Waals surface area contributed by atoms with Crippen molar-refractivity contribution in [2.75, 3.05) is 5.75 Å². The predicted molar refractivity (Wildman–Crippen MR) is 96.0 cm³/mol. The molecule has 0 aliphatic carbocycles. The summed E-state index contributed by atoms with van der Waals surface area (Å²) in [4.78, 5) is 21.3. The molecule has 0 spiro atoms. The molecule has 0 unspecified atom stereocenters. The second kappa shape index (κ2) is 6.36. The number of hydrogen-bond donors (Lipinski definition) is 0. The summed E-state index contributed by atoms with van der Waals surface area (Å²) in [6, 6.07) is 5.99. The van der Waals surface area contributed by atoms with Crippen LogP contribution in [0.25, 0.3) is 5.78 Å². The highest BCUT2D eigenvalue weighted by Crippen LogP contribution is 2.20. The fraction of sp³-hybridized carbons (Fsp3) is 0.333. The molecule has 2 aromatic heterocycles. The van der Waals surface area contributed by atoms with E-state index in [1.807, 2.05) is 39.8 Å². The highest BCUT2D eigenvalue weighted by Gasteiger charge is 2.14. The summed E-state index contributed by atoms with van der Waals surface area (Å²) in [5.74, 6) is 0.989. The molecule has 3 rings (SSSR count). The van der Waals surface area contributed by atoms with Crippen molar-refractivity contribution >= 4 is 23.3 Å². The van der Waals surface area contributed by atoms with Gasteiger partial charge in [-0.15, -0.1) is 5.10 Å². The zero-order valence-corrected chi connectivity index (χ0v) is 15.4. The Labute approximate surface area is 145 Å². The zero-order chi connectivity index (χ0) is 17.4. The summed E-state index contributed by atoms with van der Waals surface area (Å²) in [5, 5.41) is 5.00. The lowest BCUT2D eigenvalue weighted by atomic mass is 9.99. The van der Waals surface area contributed by atoms with E-state index in [0.717, 1.165) is 28.1 Å². The minimum absolute atomic E-state index is 0.0975. The Morgan fingerprint density at radius 2 is 1.71 bits per heavy atom. The number of carbonyl (C=O) groups is 1. The van der Waals surface area contributed by atoms with E-state index in [-0.39, 0.29) is 5.78 Å². The van der Waals surface area contributed by atoms with Gasteiger partial charge < -0.3 is 0 Å². The largest absolute Gasteiger partial charge is 0.293 e. The van der Waals surface area contributed by atoms with Crippen molar-refractivity contribution in [3.63, 3.8) is 0 Å². The first-order valence-electron chi connectivity index (χ1n) is 7.80. The Bertz CT molecular complexity index is 946. The minimum atomic E-state index is 0.0975. The van der Waals surface area contributed by atoms with Gasteiger partial charge in [0, 0.05) is 17.0 Å². The molecule has 2 heterocycles. The Kier molecular flexibility index (Phi) is 4.41. The maximum Gasteiger partial charge on any atom is 0.253 e. The molecule has 24 heavy (non-hydrogen) atoms. The SMILES string of the molecule is Cc1cc(C)n2nc(SCC(=O)c3cc(C)c(C)cc3C)nc2n1. The van der Waals surface area contributed by atoms with E-state index in [1.165, 1.54) is 17.3 Å². The van der Waals surface area contributed by atoms with Gasteiger partial charge in [-0.05, 0) is 63.4 Å². The van der Waals surface area contributed by atoms with Gasteiger partial charge in [-0.25, -0.2) is 9.50 Å². The third-order valence-electron chi connectivity index (χ3n) is 4.07. The van der Waals surface area contributed by atoms with E-state index < -0.39 is 0 Å². The molecule has 1 aromatic carbocycles. The third-order valence-corrected chi connectivity index (χ3v) is 4.91. The molecular weight excluding hydrogens is 320 g/mol. The number of fused-ring (bicyclic) bond motifs is 1. The first-order chi connectivity index (χ1) is 11.3. The number of rotatable bonds is 4. The van der Waals surface area contributed by atoms with Crippen LogP contribution in [0.1, 0.15) is 38.4 Å². The summed E-state index contributed by atoms with van der Waals surface area (Å²) < 4.78 is 1.71. The lowest BCUT2D eigenvalue weighted by Gasteiger charge is -2.08. The maximum atomic E-state index is 12.5. The van der Waals surface area contributed by atoms with Crippen LogP contribution < -0.4 is 0 Å². The second-order valence-corrected chi connectivity index (χ2v) is 7.05. The van der Waals surface area contributed by atoms with E-state index in [0.29, 0.717) is 16.7 Å². The quantitative estimate of drug-likeness (QED) is 0.536. The van der Waals surface area contributed by atoms with Crippen LogP contribution in [0.2, 0.25) is 0 Å².